The van der Waals surface area contributed by atoms with Crippen molar-refractivity contribution in [2.75, 3.05) is 24.5 Å². The van der Waals surface area contributed by atoms with Gasteiger partial charge in [-0.2, -0.15) is 10.5 Å². The second-order valence-corrected chi connectivity index (χ2v) is 8.71. The highest BCUT2D eigenvalue weighted by atomic mass is 35.5. The van der Waals surface area contributed by atoms with E-state index < -0.39 is 0 Å². The molecule has 0 unspecified atom stereocenters. The van der Waals surface area contributed by atoms with Crippen molar-refractivity contribution in [2.24, 2.45) is 0 Å². The van der Waals surface area contributed by atoms with Crippen molar-refractivity contribution in [3.05, 3.63) is 99.6 Å². The average Bonchev–Trinajstić information content (AvgIpc) is 2.84. The Hall–Kier alpha value is -3.31. The lowest BCUT2D eigenvalue weighted by Gasteiger charge is -2.45. The summed E-state index contributed by atoms with van der Waals surface area (Å²) < 4.78 is 0. The van der Waals surface area contributed by atoms with E-state index in [4.69, 9.17) is 16.9 Å². The molecular weight excluding hydrogens is 416 g/mol. The van der Waals surface area contributed by atoms with Gasteiger partial charge in [0, 0.05) is 36.4 Å². The fraction of sp³-hybridized carbons (Fsp3) is 0.259. The van der Waals surface area contributed by atoms with Crippen LogP contribution >= 0.6 is 11.6 Å². The van der Waals surface area contributed by atoms with Gasteiger partial charge in [0.1, 0.15) is 0 Å². The first-order valence-electron chi connectivity index (χ1n) is 10.8. The maximum Gasteiger partial charge on any atom is 0.0991 e. The van der Waals surface area contributed by atoms with Gasteiger partial charge in [-0.1, -0.05) is 35.9 Å². The molecule has 0 radical (unpaired) electrons. The lowest BCUT2D eigenvalue weighted by Crippen LogP contribution is -2.49. The number of hydrogen-bond donors (Lipinski definition) is 0. The normalized spacial score (nSPS) is 17.4. The average molecular weight is 441 g/mol. The van der Waals surface area contributed by atoms with Crippen LogP contribution in [0.25, 0.3) is 0 Å². The van der Waals surface area contributed by atoms with E-state index in [9.17, 15) is 5.26 Å². The molecule has 4 rings (SSSR count). The molecule has 1 fully saturated rings. The number of nitriles is 2. The van der Waals surface area contributed by atoms with Crippen LogP contribution < -0.4 is 4.90 Å². The van der Waals surface area contributed by atoms with Gasteiger partial charge in [-0.15, -0.1) is 0 Å². The summed E-state index contributed by atoms with van der Waals surface area (Å²) in [5.74, 6) is 0. The zero-order chi connectivity index (χ0) is 22.7. The highest BCUT2D eigenvalue weighted by molar-refractivity contribution is 6.30. The van der Waals surface area contributed by atoms with Crippen LogP contribution in [0.3, 0.4) is 0 Å². The molecule has 1 saturated heterocycles. The molecule has 32 heavy (non-hydrogen) atoms. The van der Waals surface area contributed by atoms with E-state index in [-0.39, 0.29) is 12.1 Å². The van der Waals surface area contributed by atoms with E-state index >= 15 is 0 Å². The molecule has 0 N–H and O–H groups in total. The molecule has 3 aromatic carbocycles. The van der Waals surface area contributed by atoms with E-state index in [0.29, 0.717) is 11.1 Å². The SMILES string of the molecule is Cc1cc(C#N)ccc1N1CCN([C@H](C)c2ccc(C#N)cc2)C[C@H]1c1ccc(Cl)cc1. The summed E-state index contributed by atoms with van der Waals surface area (Å²) >= 11 is 6.17. The smallest absolute Gasteiger partial charge is 0.0991 e. The quantitative estimate of drug-likeness (QED) is 0.498. The number of piperazine rings is 1. The molecule has 2 atom stereocenters. The Bertz CT molecular complexity index is 1170. The van der Waals surface area contributed by atoms with Crippen LogP contribution in [0.2, 0.25) is 5.02 Å². The minimum atomic E-state index is 0.161. The third kappa shape index (κ3) is 4.48. The molecule has 1 aliphatic rings. The standard InChI is InChI=1S/C27H25ClN4/c1-19-15-22(17-30)5-12-26(19)32-14-13-31(18-27(32)24-8-10-25(28)11-9-24)20(2)23-6-3-21(16-29)4-7-23/h3-12,15,20,27H,13-14,18H2,1-2H3/t20-,27+/m1/s1. The van der Waals surface area contributed by atoms with Crippen molar-refractivity contribution < 1.29 is 0 Å². The zero-order valence-corrected chi connectivity index (χ0v) is 19.0. The van der Waals surface area contributed by atoms with E-state index in [1.54, 1.807) is 0 Å². The Morgan fingerprint density at radius 1 is 0.906 bits per heavy atom. The van der Waals surface area contributed by atoms with Gasteiger partial charge >= 0.3 is 0 Å². The summed E-state index contributed by atoms with van der Waals surface area (Å²) in [6.07, 6.45) is 0. The van der Waals surface area contributed by atoms with Crippen molar-refractivity contribution in [1.82, 2.24) is 4.90 Å². The molecule has 0 saturated carbocycles. The topological polar surface area (TPSA) is 54.1 Å². The van der Waals surface area contributed by atoms with Gasteiger partial charge in [0.25, 0.3) is 0 Å². The van der Waals surface area contributed by atoms with Crippen LogP contribution in [0.4, 0.5) is 5.69 Å². The van der Waals surface area contributed by atoms with Gasteiger partial charge in [0.05, 0.1) is 29.3 Å². The summed E-state index contributed by atoms with van der Waals surface area (Å²) in [5.41, 5.74) is 6.06. The van der Waals surface area contributed by atoms with Crippen molar-refractivity contribution in [3.63, 3.8) is 0 Å². The first-order chi connectivity index (χ1) is 15.5. The molecule has 0 spiro atoms. The van der Waals surface area contributed by atoms with Crippen LogP contribution in [-0.2, 0) is 0 Å². The number of rotatable bonds is 4. The lowest BCUT2D eigenvalue weighted by molar-refractivity contribution is 0.171. The predicted octanol–water partition coefficient (Wildman–Crippen LogP) is 6.02. The second-order valence-electron chi connectivity index (χ2n) is 8.28. The molecule has 4 nitrogen and oxygen atoms in total. The lowest BCUT2D eigenvalue weighted by atomic mass is 9.97. The van der Waals surface area contributed by atoms with E-state index in [0.717, 1.165) is 35.9 Å². The Morgan fingerprint density at radius 2 is 1.56 bits per heavy atom. The molecule has 1 aliphatic heterocycles. The molecule has 1 heterocycles. The molecule has 0 bridgehead atoms. The highest BCUT2D eigenvalue weighted by Gasteiger charge is 2.31. The van der Waals surface area contributed by atoms with Crippen LogP contribution in [0.15, 0.2) is 66.7 Å². The van der Waals surface area contributed by atoms with Gasteiger partial charge < -0.3 is 4.90 Å². The zero-order valence-electron chi connectivity index (χ0n) is 18.3. The molecule has 160 valence electrons. The number of nitrogens with zero attached hydrogens (tertiary/aromatic N) is 4. The van der Waals surface area contributed by atoms with Crippen molar-refractivity contribution in [2.45, 2.75) is 25.9 Å². The van der Waals surface area contributed by atoms with Crippen LogP contribution in [0.1, 0.15) is 46.8 Å². The largest absolute Gasteiger partial charge is 0.362 e. The minimum absolute atomic E-state index is 0.161. The van der Waals surface area contributed by atoms with Crippen LogP contribution in [-0.4, -0.2) is 24.5 Å². The van der Waals surface area contributed by atoms with Crippen molar-refractivity contribution in [1.29, 1.82) is 10.5 Å². The van der Waals surface area contributed by atoms with E-state index in [2.05, 4.69) is 66.1 Å². The number of aryl methyl sites for hydroxylation is 1. The highest BCUT2D eigenvalue weighted by Crippen LogP contribution is 2.36. The number of hydrogen-bond acceptors (Lipinski definition) is 4. The molecule has 3 aromatic rings. The molecule has 5 heteroatoms. The maximum absolute atomic E-state index is 9.26. The molecule has 0 amide bonds. The molecule has 0 aliphatic carbocycles. The Kier molecular flexibility index (Phi) is 6.47. The predicted molar refractivity (Wildman–Crippen MR) is 129 cm³/mol. The van der Waals surface area contributed by atoms with Crippen LogP contribution in [0.5, 0.6) is 0 Å². The monoisotopic (exact) mass is 440 g/mol. The first kappa shape index (κ1) is 21.9. The van der Waals surface area contributed by atoms with Crippen molar-refractivity contribution in [3.8, 4) is 12.1 Å². The number of anilines is 1. The summed E-state index contributed by atoms with van der Waals surface area (Å²) in [7, 11) is 0. The Morgan fingerprint density at radius 3 is 2.19 bits per heavy atom. The van der Waals surface area contributed by atoms with E-state index in [1.165, 1.54) is 11.1 Å². The number of halogens is 1. The first-order valence-corrected chi connectivity index (χ1v) is 11.1. The van der Waals surface area contributed by atoms with Gasteiger partial charge in [0.15, 0.2) is 0 Å². The minimum Gasteiger partial charge on any atom is -0.362 e. The van der Waals surface area contributed by atoms with Crippen molar-refractivity contribution >= 4 is 17.3 Å². The third-order valence-corrected chi connectivity index (χ3v) is 6.62. The van der Waals surface area contributed by atoms with Gasteiger partial charge in [-0.05, 0) is 73.0 Å². The Balaban J connectivity index is 1.65. The summed E-state index contributed by atoms with van der Waals surface area (Å²) in [6.45, 7) is 6.96. The summed E-state index contributed by atoms with van der Waals surface area (Å²) in [4.78, 5) is 4.94. The second kappa shape index (κ2) is 9.45. The van der Waals surface area contributed by atoms with Gasteiger partial charge in [-0.3, -0.25) is 4.90 Å². The number of benzene rings is 3. The molecule has 0 aromatic heterocycles. The molecular formula is C27H25ClN4. The van der Waals surface area contributed by atoms with Gasteiger partial charge in [-0.25, -0.2) is 0 Å². The maximum atomic E-state index is 9.26. The third-order valence-electron chi connectivity index (χ3n) is 6.37. The van der Waals surface area contributed by atoms with E-state index in [1.807, 2.05) is 36.4 Å². The Labute approximate surface area is 194 Å². The van der Waals surface area contributed by atoms with Crippen LogP contribution in [0, 0.1) is 29.6 Å². The fourth-order valence-corrected chi connectivity index (χ4v) is 4.63. The summed E-state index contributed by atoms with van der Waals surface area (Å²) in [5, 5.41) is 19.1. The summed E-state index contributed by atoms with van der Waals surface area (Å²) in [6, 6.07) is 26.7. The fourth-order valence-electron chi connectivity index (χ4n) is 4.51. The van der Waals surface area contributed by atoms with Gasteiger partial charge in [0.2, 0.25) is 0 Å².